The van der Waals surface area contributed by atoms with Gasteiger partial charge in [-0.05, 0) is 36.1 Å². The average molecular weight is 313 g/mol. The summed E-state index contributed by atoms with van der Waals surface area (Å²) in [5, 5.41) is 8.74. The minimum absolute atomic E-state index is 0.0681. The van der Waals surface area contributed by atoms with Crippen molar-refractivity contribution < 1.29 is 9.32 Å². The van der Waals surface area contributed by atoms with E-state index >= 15 is 0 Å². The van der Waals surface area contributed by atoms with Crippen LogP contribution in [0.4, 0.5) is 5.69 Å². The number of amides is 1. The van der Waals surface area contributed by atoms with Gasteiger partial charge in [-0.1, -0.05) is 23.4 Å². The van der Waals surface area contributed by atoms with E-state index < -0.39 is 0 Å². The number of nitrogens with one attached hydrogen (secondary N) is 1. The second kappa shape index (κ2) is 6.53. The number of anilines is 1. The van der Waals surface area contributed by atoms with Crippen LogP contribution < -0.4 is 5.32 Å². The summed E-state index contributed by atoms with van der Waals surface area (Å²) in [6.07, 6.45) is 0.732. The molecule has 6 heteroatoms. The van der Waals surface area contributed by atoms with Gasteiger partial charge in [0, 0.05) is 18.5 Å². The molecule has 3 rings (SSSR count). The van der Waals surface area contributed by atoms with Crippen LogP contribution in [0.25, 0.3) is 10.7 Å². The van der Waals surface area contributed by atoms with Gasteiger partial charge in [0.1, 0.15) is 0 Å². The molecule has 0 spiro atoms. The van der Waals surface area contributed by atoms with Crippen LogP contribution in [0, 0.1) is 6.92 Å². The van der Waals surface area contributed by atoms with Crippen LogP contribution >= 0.6 is 11.3 Å². The van der Waals surface area contributed by atoms with Crippen LogP contribution in [0.15, 0.2) is 46.3 Å². The van der Waals surface area contributed by atoms with Crippen molar-refractivity contribution in [3.05, 3.63) is 53.2 Å². The lowest BCUT2D eigenvalue weighted by Gasteiger charge is -2.04. The molecule has 0 unspecified atom stereocenters. The molecule has 0 saturated carbocycles. The third-order valence-corrected chi connectivity index (χ3v) is 3.94. The van der Waals surface area contributed by atoms with Crippen molar-refractivity contribution in [2.45, 2.75) is 19.8 Å². The maximum atomic E-state index is 11.9. The van der Waals surface area contributed by atoms with E-state index in [-0.39, 0.29) is 5.91 Å². The Morgan fingerprint density at radius 3 is 3.00 bits per heavy atom. The van der Waals surface area contributed by atoms with E-state index in [0.29, 0.717) is 24.6 Å². The smallest absolute Gasteiger partial charge is 0.227 e. The minimum atomic E-state index is -0.0681. The van der Waals surface area contributed by atoms with Crippen LogP contribution in [0.1, 0.15) is 17.9 Å². The largest absolute Gasteiger partial charge is 0.339 e. The van der Waals surface area contributed by atoms with Crippen molar-refractivity contribution in [2.24, 2.45) is 0 Å². The first-order valence-corrected chi connectivity index (χ1v) is 7.81. The highest BCUT2D eigenvalue weighted by atomic mass is 32.1. The molecule has 0 saturated heterocycles. The number of nitrogens with zero attached hydrogens (tertiary/aromatic N) is 2. The Morgan fingerprint density at radius 1 is 1.32 bits per heavy atom. The van der Waals surface area contributed by atoms with Gasteiger partial charge in [0.05, 0.1) is 4.88 Å². The second-order valence-electron chi connectivity index (χ2n) is 4.91. The molecule has 1 amide bonds. The number of hydrogen-bond donors (Lipinski definition) is 1. The first-order chi connectivity index (χ1) is 10.7. The fraction of sp³-hybridized carbons (Fsp3) is 0.188. The molecule has 0 fully saturated rings. The molecule has 2 heterocycles. The molecular weight excluding hydrogens is 298 g/mol. The fourth-order valence-electron chi connectivity index (χ4n) is 2.03. The number of carbonyl (C=O) groups excluding carboxylic acids is 1. The highest BCUT2D eigenvalue weighted by Gasteiger charge is 2.11. The monoisotopic (exact) mass is 313 g/mol. The van der Waals surface area contributed by atoms with Crippen molar-refractivity contribution in [2.75, 3.05) is 5.32 Å². The van der Waals surface area contributed by atoms with Gasteiger partial charge in [-0.2, -0.15) is 4.98 Å². The number of rotatable bonds is 5. The third kappa shape index (κ3) is 3.59. The molecule has 5 nitrogen and oxygen atoms in total. The Kier molecular flexibility index (Phi) is 4.29. The summed E-state index contributed by atoms with van der Waals surface area (Å²) in [5.41, 5.74) is 1.91. The first-order valence-electron chi connectivity index (χ1n) is 6.94. The summed E-state index contributed by atoms with van der Waals surface area (Å²) in [5.74, 6) is 0.980. The van der Waals surface area contributed by atoms with E-state index in [2.05, 4.69) is 15.5 Å². The third-order valence-electron chi connectivity index (χ3n) is 3.08. The lowest BCUT2D eigenvalue weighted by atomic mass is 10.2. The van der Waals surface area contributed by atoms with Crippen molar-refractivity contribution >= 4 is 22.9 Å². The Balaban J connectivity index is 1.55. The van der Waals surface area contributed by atoms with Crippen LogP contribution in [-0.4, -0.2) is 16.0 Å². The first kappa shape index (κ1) is 14.5. The van der Waals surface area contributed by atoms with Crippen LogP contribution in [-0.2, 0) is 11.2 Å². The minimum Gasteiger partial charge on any atom is -0.339 e. The van der Waals surface area contributed by atoms with E-state index in [1.807, 2.05) is 48.7 Å². The summed E-state index contributed by atoms with van der Waals surface area (Å²) in [4.78, 5) is 17.2. The molecule has 0 aliphatic carbocycles. The van der Waals surface area contributed by atoms with Crippen LogP contribution in [0.2, 0.25) is 0 Å². The number of aromatic nitrogens is 2. The predicted molar refractivity (Wildman–Crippen MR) is 85.7 cm³/mol. The molecular formula is C16H15N3O2S. The Hall–Kier alpha value is -2.47. The highest BCUT2D eigenvalue weighted by molar-refractivity contribution is 7.13. The zero-order valence-electron chi connectivity index (χ0n) is 12.1. The molecule has 22 heavy (non-hydrogen) atoms. The highest BCUT2D eigenvalue weighted by Crippen LogP contribution is 2.21. The number of carbonyl (C=O) groups is 1. The van der Waals surface area contributed by atoms with E-state index in [4.69, 9.17) is 4.52 Å². The van der Waals surface area contributed by atoms with Crippen LogP contribution in [0.3, 0.4) is 0 Å². The fourth-order valence-corrected chi connectivity index (χ4v) is 2.68. The van der Waals surface area contributed by atoms with E-state index in [1.165, 1.54) is 0 Å². The molecule has 0 bridgehead atoms. The predicted octanol–water partition coefficient (Wildman–Crippen LogP) is 3.68. The van der Waals surface area contributed by atoms with Gasteiger partial charge in [-0.25, -0.2) is 0 Å². The average Bonchev–Trinajstić information content (AvgIpc) is 3.16. The van der Waals surface area contributed by atoms with Gasteiger partial charge in [0.2, 0.25) is 17.6 Å². The lowest BCUT2D eigenvalue weighted by molar-refractivity contribution is -0.116. The summed E-state index contributed by atoms with van der Waals surface area (Å²) < 4.78 is 5.17. The van der Waals surface area contributed by atoms with Crippen molar-refractivity contribution in [1.29, 1.82) is 0 Å². The Labute approximate surface area is 132 Å². The van der Waals surface area contributed by atoms with Crippen molar-refractivity contribution in [3.8, 4) is 10.7 Å². The van der Waals surface area contributed by atoms with Crippen molar-refractivity contribution in [3.63, 3.8) is 0 Å². The van der Waals surface area contributed by atoms with Gasteiger partial charge < -0.3 is 9.84 Å². The van der Waals surface area contributed by atoms with Gasteiger partial charge in [-0.15, -0.1) is 11.3 Å². The number of aryl methyl sites for hydroxylation is 2. The summed E-state index contributed by atoms with van der Waals surface area (Å²) in [6.45, 7) is 1.99. The standard InChI is InChI=1S/C16H15N3O2S/c1-11-4-2-5-12(10-11)17-14(20)7-8-15-18-16(19-21-15)13-6-3-9-22-13/h2-6,9-10H,7-8H2,1H3,(H,17,20). The number of hydrogen-bond acceptors (Lipinski definition) is 5. The van der Waals surface area contributed by atoms with E-state index in [1.54, 1.807) is 11.3 Å². The topological polar surface area (TPSA) is 68.0 Å². The zero-order valence-corrected chi connectivity index (χ0v) is 12.9. The summed E-state index contributed by atoms with van der Waals surface area (Å²) >= 11 is 1.55. The molecule has 2 aromatic heterocycles. The van der Waals surface area contributed by atoms with Crippen LogP contribution in [0.5, 0.6) is 0 Å². The summed E-state index contributed by atoms with van der Waals surface area (Å²) in [6, 6.07) is 11.6. The molecule has 1 aromatic carbocycles. The van der Waals surface area contributed by atoms with Gasteiger partial charge in [0.15, 0.2) is 0 Å². The van der Waals surface area contributed by atoms with Crippen molar-refractivity contribution in [1.82, 2.24) is 10.1 Å². The number of benzene rings is 1. The summed E-state index contributed by atoms with van der Waals surface area (Å²) in [7, 11) is 0. The lowest BCUT2D eigenvalue weighted by Crippen LogP contribution is -2.12. The second-order valence-corrected chi connectivity index (χ2v) is 5.85. The van der Waals surface area contributed by atoms with Gasteiger partial charge in [-0.3, -0.25) is 4.79 Å². The molecule has 112 valence electrons. The molecule has 3 aromatic rings. The normalized spacial score (nSPS) is 10.6. The zero-order chi connectivity index (χ0) is 15.4. The Bertz CT molecular complexity index is 765. The Morgan fingerprint density at radius 2 is 2.23 bits per heavy atom. The van der Waals surface area contributed by atoms with Gasteiger partial charge in [0.25, 0.3) is 0 Å². The molecule has 0 aliphatic rings. The molecule has 0 atom stereocenters. The molecule has 1 N–H and O–H groups in total. The molecule has 0 radical (unpaired) electrons. The number of thiophene rings is 1. The SMILES string of the molecule is Cc1cccc(NC(=O)CCc2nc(-c3cccs3)no2)c1. The van der Waals surface area contributed by atoms with Gasteiger partial charge >= 0.3 is 0 Å². The van der Waals surface area contributed by atoms with E-state index in [0.717, 1.165) is 16.1 Å². The molecule has 0 aliphatic heterocycles. The maximum Gasteiger partial charge on any atom is 0.227 e. The van der Waals surface area contributed by atoms with E-state index in [9.17, 15) is 4.79 Å². The maximum absolute atomic E-state index is 11.9. The quantitative estimate of drug-likeness (QED) is 0.780.